The van der Waals surface area contributed by atoms with Gasteiger partial charge in [-0.15, -0.1) is 0 Å². The van der Waals surface area contributed by atoms with E-state index in [1.54, 1.807) is 6.92 Å². The zero-order valence-electron chi connectivity index (χ0n) is 11.4. The first kappa shape index (κ1) is 13.6. The van der Waals surface area contributed by atoms with E-state index >= 15 is 0 Å². The number of nitrogens with one attached hydrogen (secondary N) is 1. The van der Waals surface area contributed by atoms with Crippen LogP contribution in [-0.4, -0.2) is 22.5 Å². The molecule has 0 spiro atoms. The lowest BCUT2D eigenvalue weighted by Gasteiger charge is -2.07. The SMILES string of the molecule is CCOC(=O)Cc1c(N)nc(C2CC2(C)C)[nH]c1=O. The summed E-state index contributed by atoms with van der Waals surface area (Å²) in [7, 11) is 0. The minimum Gasteiger partial charge on any atom is -0.466 e. The second-order valence-electron chi connectivity index (χ2n) is 5.54. The van der Waals surface area contributed by atoms with E-state index in [-0.39, 0.29) is 41.3 Å². The molecule has 0 bridgehead atoms. The number of ether oxygens (including phenoxy) is 1. The van der Waals surface area contributed by atoms with Gasteiger partial charge in [-0.05, 0) is 18.8 Å². The van der Waals surface area contributed by atoms with E-state index in [1.807, 2.05) is 0 Å². The Morgan fingerprint density at radius 3 is 2.68 bits per heavy atom. The minimum atomic E-state index is -0.471. The van der Waals surface area contributed by atoms with Crippen LogP contribution >= 0.6 is 0 Å². The highest BCUT2D eigenvalue weighted by molar-refractivity contribution is 5.74. The quantitative estimate of drug-likeness (QED) is 0.790. The van der Waals surface area contributed by atoms with Crippen LogP contribution in [0.15, 0.2) is 4.79 Å². The van der Waals surface area contributed by atoms with Gasteiger partial charge in [-0.25, -0.2) is 4.98 Å². The Labute approximate surface area is 111 Å². The van der Waals surface area contributed by atoms with E-state index in [2.05, 4.69) is 23.8 Å². The second kappa shape index (κ2) is 4.68. The average Bonchev–Trinajstić information content (AvgIpc) is 2.93. The molecule has 1 aliphatic carbocycles. The molecule has 19 heavy (non-hydrogen) atoms. The number of aromatic amines is 1. The van der Waals surface area contributed by atoms with Crippen LogP contribution < -0.4 is 11.3 Å². The maximum absolute atomic E-state index is 12.0. The van der Waals surface area contributed by atoms with Gasteiger partial charge in [0.2, 0.25) is 0 Å². The fourth-order valence-electron chi connectivity index (χ4n) is 2.16. The molecular formula is C13H19N3O3. The predicted molar refractivity (Wildman–Crippen MR) is 70.7 cm³/mol. The van der Waals surface area contributed by atoms with Crippen LogP contribution in [0, 0.1) is 5.41 Å². The van der Waals surface area contributed by atoms with E-state index in [1.165, 1.54) is 0 Å². The van der Waals surface area contributed by atoms with E-state index < -0.39 is 5.97 Å². The number of nitrogens with two attached hydrogens (primary N) is 1. The van der Waals surface area contributed by atoms with Crippen LogP contribution in [-0.2, 0) is 16.0 Å². The van der Waals surface area contributed by atoms with Gasteiger partial charge in [0.05, 0.1) is 18.6 Å². The first-order valence-electron chi connectivity index (χ1n) is 6.39. The summed E-state index contributed by atoms with van der Waals surface area (Å²) in [6.45, 7) is 6.21. The van der Waals surface area contributed by atoms with E-state index in [9.17, 15) is 9.59 Å². The number of nitrogen functional groups attached to an aromatic ring is 1. The maximum atomic E-state index is 12.0. The van der Waals surface area contributed by atoms with Gasteiger partial charge in [0.1, 0.15) is 11.6 Å². The van der Waals surface area contributed by atoms with Gasteiger partial charge in [0, 0.05) is 5.92 Å². The molecule has 1 aromatic heterocycles. The van der Waals surface area contributed by atoms with Gasteiger partial charge < -0.3 is 15.5 Å². The van der Waals surface area contributed by atoms with Gasteiger partial charge in [-0.3, -0.25) is 9.59 Å². The first-order valence-corrected chi connectivity index (χ1v) is 6.39. The van der Waals surface area contributed by atoms with Crippen LogP contribution in [0.3, 0.4) is 0 Å². The third kappa shape index (κ3) is 2.77. The number of carbonyl (C=O) groups is 1. The Morgan fingerprint density at radius 2 is 2.21 bits per heavy atom. The van der Waals surface area contributed by atoms with Crippen molar-refractivity contribution in [2.75, 3.05) is 12.3 Å². The predicted octanol–water partition coefficient (Wildman–Crippen LogP) is 0.971. The van der Waals surface area contributed by atoms with Crippen molar-refractivity contribution in [2.45, 2.75) is 39.5 Å². The number of hydrogen-bond donors (Lipinski definition) is 2. The topological polar surface area (TPSA) is 98.1 Å². The van der Waals surface area contributed by atoms with Crippen molar-refractivity contribution in [1.29, 1.82) is 0 Å². The second-order valence-corrected chi connectivity index (χ2v) is 5.54. The fraction of sp³-hybridized carbons (Fsp3) is 0.615. The summed E-state index contributed by atoms with van der Waals surface area (Å²) in [5.74, 6) is 0.495. The molecule has 0 radical (unpaired) electrons. The van der Waals surface area contributed by atoms with E-state index in [0.717, 1.165) is 6.42 Å². The van der Waals surface area contributed by atoms with Gasteiger partial charge >= 0.3 is 5.97 Å². The Kier molecular flexibility index (Phi) is 3.34. The standard InChI is InChI=1S/C13H19N3O3/c1-4-19-9(17)5-7-10(14)15-11(16-12(7)18)8-6-13(8,2)3/h8H,4-6H2,1-3H3,(H3,14,15,16,18). The first-order chi connectivity index (χ1) is 8.85. The molecular weight excluding hydrogens is 246 g/mol. The lowest BCUT2D eigenvalue weighted by molar-refractivity contribution is -0.142. The molecule has 0 amide bonds. The fourth-order valence-corrected chi connectivity index (χ4v) is 2.16. The molecule has 1 aliphatic rings. The number of hydrogen-bond acceptors (Lipinski definition) is 5. The lowest BCUT2D eigenvalue weighted by Crippen LogP contribution is -2.23. The number of aromatic nitrogens is 2. The summed E-state index contributed by atoms with van der Waals surface area (Å²) < 4.78 is 4.80. The van der Waals surface area contributed by atoms with Crippen molar-refractivity contribution in [3.8, 4) is 0 Å². The third-order valence-corrected chi connectivity index (χ3v) is 3.54. The Morgan fingerprint density at radius 1 is 1.58 bits per heavy atom. The molecule has 3 N–H and O–H groups in total. The van der Waals surface area contributed by atoms with Gasteiger partial charge in [0.15, 0.2) is 0 Å². The molecule has 1 heterocycles. The maximum Gasteiger partial charge on any atom is 0.310 e. The number of esters is 1. The van der Waals surface area contributed by atoms with Crippen molar-refractivity contribution >= 4 is 11.8 Å². The summed E-state index contributed by atoms with van der Waals surface area (Å²) in [5, 5.41) is 0. The van der Waals surface area contributed by atoms with E-state index in [4.69, 9.17) is 10.5 Å². The number of rotatable bonds is 4. The highest BCUT2D eigenvalue weighted by atomic mass is 16.5. The zero-order valence-corrected chi connectivity index (χ0v) is 11.4. The molecule has 0 aromatic carbocycles. The summed E-state index contributed by atoms with van der Waals surface area (Å²) in [4.78, 5) is 30.3. The van der Waals surface area contributed by atoms with Gasteiger partial charge in [-0.2, -0.15) is 0 Å². The molecule has 0 saturated heterocycles. The molecule has 1 atom stereocenters. The van der Waals surface area contributed by atoms with Crippen LogP contribution in [0.1, 0.15) is 44.5 Å². The molecule has 1 fully saturated rings. The Hall–Kier alpha value is -1.85. The molecule has 1 aromatic rings. The van der Waals surface area contributed by atoms with Crippen molar-refractivity contribution in [3.63, 3.8) is 0 Å². The highest BCUT2D eigenvalue weighted by Crippen LogP contribution is 2.57. The van der Waals surface area contributed by atoms with Crippen molar-refractivity contribution in [2.24, 2.45) is 5.41 Å². The molecule has 6 heteroatoms. The number of anilines is 1. The summed E-state index contributed by atoms with van der Waals surface area (Å²) in [6, 6.07) is 0. The summed E-state index contributed by atoms with van der Waals surface area (Å²) in [6.07, 6.45) is 0.836. The minimum absolute atomic E-state index is 0.120. The Balaban J connectivity index is 2.23. The molecule has 104 valence electrons. The Bertz CT molecular complexity index is 563. The monoisotopic (exact) mass is 265 g/mol. The van der Waals surface area contributed by atoms with Crippen LogP contribution in [0.25, 0.3) is 0 Å². The van der Waals surface area contributed by atoms with Crippen molar-refractivity contribution in [1.82, 2.24) is 9.97 Å². The normalized spacial score (nSPS) is 20.1. The lowest BCUT2D eigenvalue weighted by atomic mass is 10.1. The number of nitrogens with zero attached hydrogens (tertiary/aromatic N) is 1. The number of carbonyl (C=O) groups excluding carboxylic acids is 1. The zero-order chi connectivity index (χ0) is 14.2. The van der Waals surface area contributed by atoms with Crippen LogP contribution in [0.5, 0.6) is 0 Å². The molecule has 1 saturated carbocycles. The van der Waals surface area contributed by atoms with Gasteiger partial charge in [-0.1, -0.05) is 13.8 Å². The summed E-state index contributed by atoms with van der Waals surface area (Å²) in [5.41, 5.74) is 5.77. The third-order valence-electron chi connectivity index (χ3n) is 3.54. The van der Waals surface area contributed by atoms with Crippen LogP contribution in [0.4, 0.5) is 5.82 Å². The molecule has 1 unspecified atom stereocenters. The van der Waals surface area contributed by atoms with E-state index in [0.29, 0.717) is 5.82 Å². The average molecular weight is 265 g/mol. The summed E-state index contributed by atoms with van der Waals surface area (Å²) >= 11 is 0. The van der Waals surface area contributed by atoms with Gasteiger partial charge in [0.25, 0.3) is 5.56 Å². The van der Waals surface area contributed by atoms with Crippen molar-refractivity contribution in [3.05, 3.63) is 21.7 Å². The highest BCUT2D eigenvalue weighted by Gasteiger charge is 2.48. The number of H-pyrrole nitrogens is 1. The largest absolute Gasteiger partial charge is 0.466 e. The van der Waals surface area contributed by atoms with Crippen molar-refractivity contribution < 1.29 is 9.53 Å². The smallest absolute Gasteiger partial charge is 0.310 e. The molecule has 2 rings (SSSR count). The molecule has 0 aliphatic heterocycles. The molecule has 6 nitrogen and oxygen atoms in total. The van der Waals surface area contributed by atoms with Crippen LogP contribution in [0.2, 0.25) is 0 Å².